The van der Waals surface area contributed by atoms with Crippen molar-refractivity contribution in [2.24, 2.45) is 0 Å². The first-order chi connectivity index (χ1) is 14.0. The molecular formula is C22H17N3O3S. The van der Waals surface area contributed by atoms with Crippen molar-refractivity contribution in [3.63, 3.8) is 0 Å². The van der Waals surface area contributed by atoms with Crippen molar-refractivity contribution in [1.29, 1.82) is 0 Å². The zero-order valence-corrected chi connectivity index (χ0v) is 16.1. The summed E-state index contributed by atoms with van der Waals surface area (Å²) in [7, 11) is -3.46. The Balaban J connectivity index is 1.69. The first-order valence-electron chi connectivity index (χ1n) is 8.75. The van der Waals surface area contributed by atoms with Crippen molar-refractivity contribution in [2.75, 3.05) is 5.32 Å². The number of phenolic OH excluding ortho intramolecular Hbond substituents is 1. The number of nitrogens with one attached hydrogen (secondary N) is 1. The normalized spacial score (nSPS) is 11.3. The number of benzene rings is 2. The van der Waals surface area contributed by atoms with E-state index in [1.807, 2.05) is 24.3 Å². The van der Waals surface area contributed by atoms with Gasteiger partial charge in [0, 0.05) is 39.8 Å². The van der Waals surface area contributed by atoms with E-state index in [2.05, 4.69) is 21.9 Å². The molecule has 7 heteroatoms. The molecule has 0 aliphatic heterocycles. The molecule has 0 amide bonds. The minimum absolute atomic E-state index is 0.184. The maximum absolute atomic E-state index is 11.8. The minimum Gasteiger partial charge on any atom is -0.508 e. The van der Waals surface area contributed by atoms with Gasteiger partial charge in [0.2, 0.25) is 0 Å². The molecule has 0 aliphatic rings. The lowest BCUT2D eigenvalue weighted by atomic mass is 10.1. The van der Waals surface area contributed by atoms with Crippen LogP contribution >= 0.6 is 0 Å². The molecule has 0 unspecified atom stereocenters. The minimum atomic E-state index is -3.46. The zero-order valence-electron chi connectivity index (χ0n) is 15.3. The standard InChI is InChI=1S/C22H17N3O3S/c1-2-29(27,28)19-9-5-17(6-10-19)25-21-13-20-16(14-24-21)11-12-23-22(20)15-3-7-18(26)8-4-15/h2-14,26H,1H2,(H,24,25). The summed E-state index contributed by atoms with van der Waals surface area (Å²) in [6.45, 7) is 3.33. The van der Waals surface area contributed by atoms with Gasteiger partial charge in [-0.2, -0.15) is 0 Å². The summed E-state index contributed by atoms with van der Waals surface area (Å²) >= 11 is 0. The van der Waals surface area contributed by atoms with E-state index in [9.17, 15) is 13.5 Å². The summed E-state index contributed by atoms with van der Waals surface area (Å²) < 4.78 is 23.7. The Morgan fingerprint density at radius 2 is 1.69 bits per heavy atom. The van der Waals surface area contributed by atoms with Crippen LogP contribution in [0.4, 0.5) is 11.5 Å². The molecule has 0 bridgehead atoms. The van der Waals surface area contributed by atoms with Gasteiger partial charge in [-0.1, -0.05) is 6.58 Å². The van der Waals surface area contributed by atoms with Gasteiger partial charge in [0.15, 0.2) is 9.84 Å². The first-order valence-corrected chi connectivity index (χ1v) is 10.3. The highest BCUT2D eigenvalue weighted by Gasteiger charge is 2.10. The molecule has 0 saturated heterocycles. The molecule has 144 valence electrons. The maximum Gasteiger partial charge on any atom is 0.199 e. The number of hydrogen-bond donors (Lipinski definition) is 2. The predicted molar refractivity (Wildman–Crippen MR) is 114 cm³/mol. The van der Waals surface area contributed by atoms with Crippen LogP contribution in [0.25, 0.3) is 22.0 Å². The monoisotopic (exact) mass is 403 g/mol. The second-order valence-electron chi connectivity index (χ2n) is 6.36. The van der Waals surface area contributed by atoms with Crippen LogP contribution in [0.5, 0.6) is 5.75 Å². The van der Waals surface area contributed by atoms with Crippen LogP contribution in [0.15, 0.2) is 89.9 Å². The van der Waals surface area contributed by atoms with Gasteiger partial charge in [-0.25, -0.2) is 13.4 Å². The molecule has 0 atom stereocenters. The molecular weight excluding hydrogens is 386 g/mol. The SMILES string of the molecule is C=CS(=O)(=O)c1ccc(Nc2cc3c(-c4ccc(O)cc4)nccc3cn2)cc1. The summed E-state index contributed by atoms with van der Waals surface area (Å²) in [5.41, 5.74) is 2.36. The number of phenols is 1. The summed E-state index contributed by atoms with van der Waals surface area (Å²) in [4.78, 5) is 9.10. The Kier molecular flexibility index (Phi) is 4.74. The fraction of sp³-hybridized carbons (Fsp3) is 0. The number of sulfone groups is 1. The Morgan fingerprint density at radius 1 is 0.966 bits per heavy atom. The van der Waals surface area contributed by atoms with E-state index in [1.54, 1.807) is 36.7 Å². The summed E-state index contributed by atoms with van der Waals surface area (Å²) in [5, 5.41) is 15.5. The third-order valence-electron chi connectivity index (χ3n) is 4.46. The van der Waals surface area contributed by atoms with Crippen molar-refractivity contribution in [2.45, 2.75) is 4.90 Å². The van der Waals surface area contributed by atoms with Crippen molar-refractivity contribution in [1.82, 2.24) is 9.97 Å². The number of aromatic nitrogens is 2. The molecule has 29 heavy (non-hydrogen) atoms. The molecule has 4 aromatic rings. The molecule has 0 saturated carbocycles. The van der Waals surface area contributed by atoms with Crippen molar-refractivity contribution in [3.8, 4) is 17.0 Å². The van der Waals surface area contributed by atoms with Gasteiger partial charge in [-0.05, 0) is 60.7 Å². The average molecular weight is 403 g/mol. The van der Waals surface area contributed by atoms with Crippen molar-refractivity contribution in [3.05, 3.63) is 85.0 Å². The van der Waals surface area contributed by atoms with Gasteiger partial charge in [-0.15, -0.1) is 0 Å². The molecule has 0 aliphatic carbocycles. The largest absolute Gasteiger partial charge is 0.508 e. The van der Waals surface area contributed by atoms with Gasteiger partial charge in [0.1, 0.15) is 11.6 Å². The smallest absolute Gasteiger partial charge is 0.199 e. The lowest BCUT2D eigenvalue weighted by Crippen LogP contribution is -1.97. The fourth-order valence-corrected chi connectivity index (χ4v) is 3.66. The van der Waals surface area contributed by atoms with Crippen LogP contribution in [-0.4, -0.2) is 23.5 Å². The van der Waals surface area contributed by atoms with Crippen molar-refractivity contribution >= 4 is 32.1 Å². The van der Waals surface area contributed by atoms with Crippen molar-refractivity contribution < 1.29 is 13.5 Å². The Morgan fingerprint density at radius 3 is 2.38 bits per heavy atom. The highest BCUT2D eigenvalue weighted by atomic mass is 32.2. The van der Waals surface area contributed by atoms with Crippen LogP contribution in [0.1, 0.15) is 0 Å². The third-order valence-corrected chi connectivity index (χ3v) is 5.83. The van der Waals surface area contributed by atoms with Gasteiger partial charge in [0.25, 0.3) is 0 Å². The van der Waals surface area contributed by atoms with Gasteiger partial charge >= 0.3 is 0 Å². The van der Waals surface area contributed by atoms with E-state index in [0.717, 1.165) is 27.4 Å². The molecule has 0 spiro atoms. The number of fused-ring (bicyclic) bond motifs is 1. The highest BCUT2D eigenvalue weighted by Crippen LogP contribution is 2.29. The first kappa shape index (κ1) is 18.6. The topological polar surface area (TPSA) is 92.2 Å². The van der Waals surface area contributed by atoms with E-state index < -0.39 is 9.84 Å². The second kappa shape index (κ2) is 7.37. The number of nitrogens with zero attached hydrogens (tertiary/aromatic N) is 2. The third kappa shape index (κ3) is 3.81. The summed E-state index contributed by atoms with van der Waals surface area (Å²) in [5.74, 6) is 0.796. The van der Waals surface area contributed by atoms with E-state index >= 15 is 0 Å². The van der Waals surface area contributed by atoms with Crippen LogP contribution in [-0.2, 0) is 9.84 Å². The number of aromatic hydroxyl groups is 1. The maximum atomic E-state index is 11.8. The Bertz CT molecular complexity index is 1300. The number of rotatable bonds is 5. The van der Waals surface area contributed by atoms with E-state index in [-0.39, 0.29) is 10.6 Å². The molecule has 0 fully saturated rings. The lowest BCUT2D eigenvalue weighted by molar-refractivity contribution is 0.475. The van der Waals surface area contributed by atoms with Crippen LogP contribution in [0.3, 0.4) is 0 Å². The zero-order chi connectivity index (χ0) is 20.4. The van der Waals surface area contributed by atoms with Crippen LogP contribution < -0.4 is 5.32 Å². The Hall–Kier alpha value is -3.71. The van der Waals surface area contributed by atoms with Crippen LogP contribution in [0.2, 0.25) is 0 Å². The van der Waals surface area contributed by atoms with Gasteiger partial charge in [0.05, 0.1) is 10.6 Å². The molecule has 2 aromatic carbocycles. The predicted octanol–water partition coefficient (Wildman–Crippen LogP) is 4.66. The lowest BCUT2D eigenvalue weighted by Gasteiger charge is -2.10. The van der Waals surface area contributed by atoms with Crippen LogP contribution in [0, 0.1) is 0 Å². The van der Waals surface area contributed by atoms with E-state index in [1.165, 1.54) is 12.1 Å². The highest BCUT2D eigenvalue weighted by molar-refractivity contribution is 7.94. The van der Waals surface area contributed by atoms with E-state index in [4.69, 9.17) is 0 Å². The number of anilines is 2. The van der Waals surface area contributed by atoms with Gasteiger partial charge < -0.3 is 10.4 Å². The molecule has 4 rings (SSSR count). The second-order valence-corrected chi connectivity index (χ2v) is 8.25. The summed E-state index contributed by atoms with van der Waals surface area (Å²) in [6.07, 6.45) is 3.47. The quantitative estimate of drug-likeness (QED) is 0.503. The summed E-state index contributed by atoms with van der Waals surface area (Å²) in [6, 6.07) is 17.0. The average Bonchev–Trinajstić information content (AvgIpc) is 2.74. The van der Waals surface area contributed by atoms with Gasteiger partial charge in [-0.3, -0.25) is 4.98 Å². The molecule has 2 heterocycles. The molecule has 6 nitrogen and oxygen atoms in total. The molecule has 2 aromatic heterocycles. The fourth-order valence-electron chi connectivity index (χ4n) is 2.96. The molecule has 0 radical (unpaired) electrons. The number of pyridine rings is 2. The Labute approximate surface area is 168 Å². The van der Waals surface area contributed by atoms with E-state index in [0.29, 0.717) is 11.5 Å². The molecule has 2 N–H and O–H groups in total. The number of hydrogen-bond acceptors (Lipinski definition) is 6.